The van der Waals surface area contributed by atoms with E-state index in [1.165, 1.54) is 29.5 Å². The number of amides is 1. The van der Waals surface area contributed by atoms with Crippen LogP contribution in [-0.4, -0.2) is 54.3 Å². The predicted molar refractivity (Wildman–Crippen MR) is 57.0 cm³/mol. The first kappa shape index (κ1) is 12.1. The van der Waals surface area contributed by atoms with E-state index in [1.54, 1.807) is 12.6 Å². The van der Waals surface area contributed by atoms with Crippen LogP contribution >= 0.6 is 11.3 Å². The van der Waals surface area contributed by atoms with Gasteiger partial charge in [-0.15, -0.1) is 11.3 Å². The molecular weight excluding hydrogens is 216 g/mol. The molecule has 0 aliphatic carbocycles. The monoisotopic (exact) mass is 230 g/mol. The summed E-state index contributed by atoms with van der Waals surface area (Å²) in [6, 6.07) is 0. The van der Waals surface area contributed by atoms with Crippen molar-refractivity contribution in [2.45, 2.75) is 6.10 Å². The van der Waals surface area contributed by atoms with Gasteiger partial charge in [-0.1, -0.05) is 0 Å². The van der Waals surface area contributed by atoms with E-state index in [-0.39, 0.29) is 19.1 Å². The summed E-state index contributed by atoms with van der Waals surface area (Å²) in [5.41, 5.74) is 1.60. The van der Waals surface area contributed by atoms with Crippen LogP contribution in [0.2, 0.25) is 0 Å². The number of likely N-dealkylation sites (N-methyl/N-ethyl adjacent to an activating group) is 1. The van der Waals surface area contributed by atoms with Crippen LogP contribution in [0.15, 0.2) is 11.7 Å². The molecule has 1 unspecified atom stereocenters. The second-order valence-corrected chi connectivity index (χ2v) is 4.05. The SMILES string of the molecule is COCC(O)CN(C)C(=O)c1cncs1. The average Bonchev–Trinajstić information content (AvgIpc) is 2.69. The molecule has 1 atom stereocenters. The molecule has 0 spiro atoms. The highest BCUT2D eigenvalue weighted by atomic mass is 32.1. The minimum atomic E-state index is -0.656. The molecule has 1 aromatic rings. The fourth-order valence-corrected chi connectivity index (χ4v) is 1.77. The summed E-state index contributed by atoms with van der Waals surface area (Å²) in [7, 11) is 3.15. The van der Waals surface area contributed by atoms with Crippen molar-refractivity contribution in [1.82, 2.24) is 9.88 Å². The van der Waals surface area contributed by atoms with Crippen LogP contribution in [0, 0.1) is 0 Å². The lowest BCUT2D eigenvalue weighted by atomic mass is 10.3. The number of thiazole rings is 1. The summed E-state index contributed by atoms with van der Waals surface area (Å²) in [4.78, 5) is 17.5. The molecule has 1 rings (SSSR count). The van der Waals surface area contributed by atoms with Crippen molar-refractivity contribution < 1.29 is 14.6 Å². The minimum absolute atomic E-state index is 0.132. The van der Waals surface area contributed by atoms with Crippen molar-refractivity contribution in [1.29, 1.82) is 0 Å². The Morgan fingerprint density at radius 3 is 3.07 bits per heavy atom. The molecule has 15 heavy (non-hydrogen) atoms. The predicted octanol–water partition coefficient (Wildman–Crippen LogP) is 0.222. The number of nitrogens with zero attached hydrogens (tertiary/aromatic N) is 2. The number of aliphatic hydroxyl groups excluding tert-OH is 1. The summed E-state index contributed by atoms with van der Waals surface area (Å²) in [5.74, 6) is -0.132. The largest absolute Gasteiger partial charge is 0.389 e. The van der Waals surface area contributed by atoms with E-state index in [0.717, 1.165) is 0 Å². The van der Waals surface area contributed by atoms with Crippen molar-refractivity contribution >= 4 is 17.2 Å². The van der Waals surface area contributed by atoms with Crippen LogP contribution < -0.4 is 0 Å². The summed E-state index contributed by atoms with van der Waals surface area (Å²) in [5, 5.41) is 9.43. The van der Waals surface area contributed by atoms with Gasteiger partial charge in [-0.25, -0.2) is 0 Å². The molecule has 1 amide bonds. The van der Waals surface area contributed by atoms with Crippen LogP contribution in [0.1, 0.15) is 9.67 Å². The van der Waals surface area contributed by atoms with E-state index in [4.69, 9.17) is 4.74 Å². The van der Waals surface area contributed by atoms with E-state index in [0.29, 0.717) is 4.88 Å². The summed E-state index contributed by atoms with van der Waals surface area (Å²) >= 11 is 1.28. The number of methoxy groups -OCH3 is 1. The zero-order valence-corrected chi connectivity index (χ0v) is 9.53. The van der Waals surface area contributed by atoms with E-state index >= 15 is 0 Å². The molecular formula is C9H14N2O3S. The Hall–Kier alpha value is -0.980. The molecule has 0 saturated heterocycles. The van der Waals surface area contributed by atoms with Gasteiger partial charge in [0.05, 0.1) is 24.4 Å². The highest BCUT2D eigenvalue weighted by Crippen LogP contribution is 2.08. The Balaban J connectivity index is 2.47. The average molecular weight is 230 g/mol. The van der Waals surface area contributed by atoms with Gasteiger partial charge in [0.25, 0.3) is 5.91 Å². The molecule has 1 N–H and O–H groups in total. The molecule has 1 aromatic heterocycles. The first-order valence-corrected chi connectivity index (χ1v) is 5.34. The number of carbonyl (C=O) groups excluding carboxylic acids is 1. The van der Waals surface area contributed by atoms with Crippen LogP contribution in [0.25, 0.3) is 0 Å². The molecule has 0 saturated carbocycles. The van der Waals surface area contributed by atoms with Gasteiger partial charge in [-0.3, -0.25) is 9.78 Å². The smallest absolute Gasteiger partial charge is 0.265 e. The highest BCUT2D eigenvalue weighted by Gasteiger charge is 2.16. The van der Waals surface area contributed by atoms with Gasteiger partial charge in [0.15, 0.2) is 0 Å². The lowest BCUT2D eigenvalue weighted by molar-refractivity contribution is 0.0382. The molecule has 0 aromatic carbocycles. The molecule has 0 bridgehead atoms. The lowest BCUT2D eigenvalue weighted by Crippen LogP contribution is -2.35. The van der Waals surface area contributed by atoms with Gasteiger partial charge in [0, 0.05) is 20.7 Å². The van der Waals surface area contributed by atoms with Crippen LogP contribution in [0.3, 0.4) is 0 Å². The van der Waals surface area contributed by atoms with Gasteiger partial charge in [0.1, 0.15) is 4.88 Å². The van der Waals surface area contributed by atoms with Crippen molar-refractivity contribution in [2.75, 3.05) is 27.3 Å². The van der Waals surface area contributed by atoms with Crippen LogP contribution in [0.4, 0.5) is 0 Å². The second-order valence-electron chi connectivity index (χ2n) is 3.16. The quantitative estimate of drug-likeness (QED) is 0.786. The molecule has 0 fully saturated rings. The van der Waals surface area contributed by atoms with Gasteiger partial charge < -0.3 is 14.7 Å². The Kier molecular flexibility index (Phi) is 4.67. The zero-order chi connectivity index (χ0) is 11.3. The third-order valence-corrected chi connectivity index (χ3v) is 2.59. The molecule has 84 valence electrons. The minimum Gasteiger partial charge on any atom is -0.389 e. The van der Waals surface area contributed by atoms with Crippen LogP contribution in [-0.2, 0) is 4.74 Å². The van der Waals surface area contributed by atoms with E-state index in [2.05, 4.69) is 4.98 Å². The maximum absolute atomic E-state index is 11.7. The summed E-state index contributed by atoms with van der Waals surface area (Å²) in [6.45, 7) is 0.477. The number of hydrogen-bond donors (Lipinski definition) is 1. The van der Waals surface area contributed by atoms with Crippen molar-refractivity contribution in [3.8, 4) is 0 Å². The first-order valence-electron chi connectivity index (χ1n) is 4.46. The number of aromatic nitrogens is 1. The summed E-state index contributed by atoms with van der Waals surface area (Å²) < 4.78 is 4.78. The maximum atomic E-state index is 11.7. The summed E-state index contributed by atoms with van der Waals surface area (Å²) in [6.07, 6.45) is 0.864. The lowest BCUT2D eigenvalue weighted by Gasteiger charge is -2.19. The molecule has 0 aliphatic heterocycles. The topological polar surface area (TPSA) is 62.7 Å². The normalized spacial score (nSPS) is 12.5. The third-order valence-electron chi connectivity index (χ3n) is 1.83. The van der Waals surface area contributed by atoms with E-state index < -0.39 is 6.10 Å². The van der Waals surface area contributed by atoms with Crippen LogP contribution in [0.5, 0.6) is 0 Å². The molecule has 1 heterocycles. The van der Waals surface area contributed by atoms with Crippen molar-refractivity contribution in [2.24, 2.45) is 0 Å². The molecule has 5 nitrogen and oxygen atoms in total. The first-order chi connectivity index (χ1) is 7.15. The van der Waals surface area contributed by atoms with Gasteiger partial charge in [-0.05, 0) is 0 Å². The fourth-order valence-electron chi connectivity index (χ4n) is 1.15. The number of carbonyl (C=O) groups is 1. The Morgan fingerprint density at radius 2 is 2.53 bits per heavy atom. The van der Waals surface area contributed by atoms with Crippen molar-refractivity contribution in [3.05, 3.63) is 16.6 Å². The fraction of sp³-hybridized carbons (Fsp3) is 0.556. The zero-order valence-electron chi connectivity index (χ0n) is 8.71. The van der Waals surface area contributed by atoms with Crippen molar-refractivity contribution in [3.63, 3.8) is 0 Å². The number of hydrogen-bond acceptors (Lipinski definition) is 5. The third kappa shape index (κ3) is 3.58. The highest BCUT2D eigenvalue weighted by molar-refractivity contribution is 7.11. The number of ether oxygens (including phenoxy) is 1. The molecule has 0 radical (unpaired) electrons. The Bertz CT molecular complexity index is 302. The standard InChI is InChI=1S/C9H14N2O3S/c1-11(4-7(12)5-14-2)9(13)8-3-10-6-15-8/h3,6-7,12H,4-5H2,1-2H3. The van der Waals surface area contributed by atoms with E-state index in [1.807, 2.05) is 0 Å². The molecule has 6 heteroatoms. The number of rotatable bonds is 5. The van der Waals surface area contributed by atoms with Gasteiger partial charge in [-0.2, -0.15) is 0 Å². The van der Waals surface area contributed by atoms with Gasteiger partial charge >= 0.3 is 0 Å². The Labute approximate surface area is 92.3 Å². The second kappa shape index (κ2) is 5.79. The van der Waals surface area contributed by atoms with Gasteiger partial charge in [0.2, 0.25) is 0 Å². The maximum Gasteiger partial charge on any atom is 0.265 e. The van der Waals surface area contributed by atoms with E-state index in [9.17, 15) is 9.90 Å². The Morgan fingerprint density at radius 1 is 1.80 bits per heavy atom. The number of aliphatic hydroxyl groups is 1. The molecule has 0 aliphatic rings.